The van der Waals surface area contributed by atoms with Gasteiger partial charge in [0, 0.05) is 25.7 Å². The zero-order valence-electron chi connectivity index (χ0n) is 56.9. The van der Waals surface area contributed by atoms with Crippen LogP contribution in [-0.4, -0.2) is 96.7 Å². The minimum absolute atomic E-state index is 0.107. The molecule has 2 unspecified atom stereocenters. The molecule has 0 heterocycles. The Morgan fingerprint density at radius 1 is 0.307 bits per heavy atom. The predicted molar refractivity (Wildman–Crippen MR) is 354 cm³/mol. The molecule has 0 aromatic heterocycles. The van der Waals surface area contributed by atoms with Gasteiger partial charge in [0.05, 0.1) is 26.4 Å². The van der Waals surface area contributed by atoms with Crippen molar-refractivity contribution in [2.24, 2.45) is 5.92 Å². The number of hydrogen-bond donors (Lipinski definition) is 3. The van der Waals surface area contributed by atoms with E-state index >= 15 is 0 Å². The van der Waals surface area contributed by atoms with Crippen LogP contribution in [0.3, 0.4) is 0 Å². The molecule has 0 bridgehead atoms. The Hall–Kier alpha value is -1.94. The quantitative estimate of drug-likeness (QED) is 0.0222. The number of rotatable bonds is 69. The third kappa shape index (κ3) is 62.8. The van der Waals surface area contributed by atoms with Gasteiger partial charge in [0.25, 0.3) is 0 Å². The van der Waals surface area contributed by atoms with E-state index in [0.29, 0.717) is 31.6 Å². The lowest BCUT2D eigenvalue weighted by Crippen LogP contribution is -2.30. The molecule has 0 rings (SSSR count). The fourth-order valence-corrected chi connectivity index (χ4v) is 12.0. The van der Waals surface area contributed by atoms with Crippen molar-refractivity contribution in [2.45, 2.75) is 374 Å². The SMILES string of the molecule is CCCCCCCCCCCCCCCC(=O)OC[C@H](COP(=O)(O)OC[C@@H](O)COP(=O)(O)OC[C@@H](COC(=O)CCCCCCCCCC(C)C)OC(=O)CCCCCCCCCCCCCC)OC(=O)CCCCCCCCCCCCCCC. The first-order valence-corrected chi connectivity index (χ1v) is 39.1. The fraction of sp³-hybridized carbons (Fsp3) is 0.942. The van der Waals surface area contributed by atoms with Crippen LogP contribution in [0.4, 0.5) is 0 Å². The number of ether oxygens (including phenoxy) is 4. The van der Waals surface area contributed by atoms with E-state index in [1.807, 2.05) is 0 Å². The van der Waals surface area contributed by atoms with Crippen molar-refractivity contribution in [2.75, 3.05) is 39.6 Å². The number of phosphoric acid groups is 2. The molecule has 88 heavy (non-hydrogen) atoms. The number of phosphoric ester groups is 2. The standard InChI is InChI=1S/C69H134O17P2/c1-6-9-12-15-18-21-24-27-30-32-37-42-47-52-66(71)79-58-64(85-69(74)55-50-45-39-34-31-28-25-22-19-16-13-10-7-2)60-83-87(75,76)81-56-63(70)57-82-88(77,78)84-61-65(59-80-67(72)53-48-43-40-35-36-41-46-51-62(4)5)86-68(73)54-49-44-38-33-29-26-23-20-17-14-11-8-3/h62-65,70H,6-61H2,1-5H3,(H,75,76)(H,77,78)/t63-,64-,65-/m1/s1. The molecule has 0 saturated carbocycles. The van der Waals surface area contributed by atoms with Crippen LogP contribution < -0.4 is 0 Å². The van der Waals surface area contributed by atoms with E-state index in [1.54, 1.807) is 0 Å². The van der Waals surface area contributed by atoms with Crippen LogP contribution in [0, 0.1) is 5.92 Å². The van der Waals surface area contributed by atoms with Crippen LogP contribution in [0.15, 0.2) is 0 Å². The smallest absolute Gasteiger partial charge is 0.462 e. The molecular weight excluding hydrogens is 1160 g/mol. The summed E-state index contributed by atoms with van der Waals surface area (Å²) in [4.78, 5) is 72.5. The number of carbonyl (C=O) groups excluding carboxylic acids is 4. The second-order valence-electron chi connectivity index (χ2n) is 25.4. The van der Waals surface area contributed by atoms with Gasteiger partial charge in [-0.3, -0.25) is 37.3 Å². The van der Waals surface area contributed by atoms with E-state index in [4.69, 9.17) is 37.0 Å². The zero-order valence-corrected chi connectivity index (χ0v) is 58.6. The van der Waals surface area contributed by atoms with Crippen molar-refractivity contribution in [1.82, 2.24) is 0 Å². The lowest BCUT2D eigenvalue weighted by Gasteiger charge is -2.21. The average Bonchev–Trinajstić information content (AvgIpc) is 3.69. The van der Waals surface area contributed by atoms with Crippen LogP contribution in [0.5, 0.6) is 0 Å². The van der Waals surface area contributed by atoms with Gasteiger partial charge in [-0.05, 0) is 31.6 Å². The monoisotopic (exact) mass is 1300 g/mol. The lowest BCUT2D eigenvalue weighted by molar-refractivity contribution is -0.161. The van der Waals surface area contributed by atoms with E-state index in [1.165, 1.54) is 173 Å². The van der Waals surface area contributed by atoms with Gasteiger partial charge in [0.2, 0.25) is 0 Å². The van der Waals surface area contributed by atoms with Crippen molar-refractivity contribution in [3.8, 4) is 0 Å². The number of aliphatic hydroxyl groups is 1. The zero-order chi connectivity index (χ0) is 64.9. The van der Waals surface area contributed by atoms with Gasteiger partial charge in [-0.25, -0.2) is 9.13 Å². The highest BCUT2D eigenvalue weighted by molar-refractivity contribution is 7.47. The normalized spacial score (nSPS) is 14.1. The first-order valence-electron chi connectivity index (χ1n) is 36.1. The van der Waals surface area contributed by atoms with E-state index in [2.05, 4.69) is 34.6 Å². The van der Waals surface area contributed by atoms with E-state index < -0.39 is 97.5 Å². The minimum Gasteiger partial charge on any atom is -0.462 e. The van der Waals surface area contributed by atoms with E-state index in [9.17, 15) is 43.2 Å². The number of carbonyl (C=O) groups is 4. The maximum Gasteiger partial charge on any atom is 0.472 e. The third-order valence-electron chi connectivity index (χ3n) is 16.0. The average molecular weight is 1300 g/mol. The summed E-state index contributed by atoms with van der Waals surface area (Å²) in [6.07, 6.45) is 48.4. The third-order valence-corrected chi connectivity index (χ3v) is 17.9. The molecule has 5 atom stereocenters. The summed E-state index contributed by atoms with van der Waals surface area (Å²) < 4.78 is 68.2. The molecule has 0 amide bonds. The maximum atomic E-state index is 13.0. The molecule has 0 fully saturated rings. The molecule has 522 valence electrons. The van der Waals surface area contributed by atoms with Crippen LogP contribution in [-0.2, 0) is 65.4 Å². The summed E-state index contributed by atoms with van der Waals surface area (Å²) in [6.45, 7) is 7.19. The van der Waals surface area contributed by atoms with E-state index in [0.717, 1.165) is 96.3 Å². The van der Waals surface area contributed by atoms with Crippen LogP contribution in [0.2, 0.25) is 0 Å². The Morgan fingerprint density at radius 2 is 0.523 bits per heavy atom. The topological polar surface area (TPSA) is 237 Å². The highest BCUT2D eigenvalue weighted by atomic mass is 31.2. The molecule has 19 heteroatoms. The molecule has 17 nitrogen and oxygen atoms in total. The molecule has 0 aliphatic carbocycles. The Kier molecular flexibility index (Phi) is 61.1. The maximum absolute atomic E-state index is 13.0. The largest absolute Gasteiger partial charge is 0.472 e. The van der Waals surface area contributed by atoms with Crippen LogP contribution in [0.1, 0.15) is 356 Å². The van der Waals surface area contributed by atoms with Gasteiger partial charge in [0.1, 0.15) is 19.3 Å². The highest BCUT2D eigenvalue weighted by Crippen LogP contribution is 2.45. The lowest BCUT2D eigenvalue weighted by atomic mass is 10.0. The van der Waals surface area contributed by atoms with Crippen molar-refractivity contribution in [3.63, 3.8) is 0 Å². The molecule has 0 aromatic rings. The second kappa shape index (κ2) is 62.5. The first kappa shape index (κ1) is 86.1. The molecule has 3 N–H and O–H groups in total. The fourth-order valence-electron chi connectivity index (χ4n) is 10.5. The van der Waals surface area contributed by atoms with Gasteiger partial charge >= 0.3 is 39.5 Å². The van der Waals surface area contributed by atoms with Gasteiger partial charge in [-0.2, -0.15) is 0 Å². The molecule has 0 radical (unpaired) electrons. The molecule has 0 saturated heterocycles. The number of aliphatic hydroxyl groups excluding tert-OH is 1. The highest BCUT2D eigenvalue weighted by Gasteiger charge is 2.30. The van der Waals surface area contributed by atoms with Crippen molar-refractivity contribution < 1.29 is 80.2 Å². The summed E-state index contributed by atoms with van der Waals surface area (Å²) in [5.74, 6) is -1.42. The first-order chi connectivity index (χ1) is 42.5. The summed E-state index contributed by atoms with van der Waals surface area (Å²) in [5.41, 5.74) is 0. The molecule has 0 aliphatic heterocycles. The van der Waals surface area contributed by atoms with Crippen molar-refractivity contribution >= 4 is 39.5 Å². The second-order valence-corrected chi connectivity index (χ2v) is 28.3. The Labute approximate surface area is 537 Å². The summed E-state index contributed by atoms with van der Waals surface area (Å²) in [7, 11) is -9.90. The van der Waals surface area contributed by atoms with Crippen LogP contribution in [0.25, 0.3) is 0 Å². The van der Waals surface area contributed by atoms with Crippen molar-refractivity contribution in [3.05, 3.63) is 0 Å². The number of esters is 4. The Bertz CT molecular complexity index is 1700. The predicted octanol–water partition coefficient (Wildman–Crippen LogP) is 19.7. The summed E-state index contributed by atoms with van der Waals surface area (Å²) >= 11 is 0. The summed E-state index contributed by atoms with van der Waals surface area (Å²) in [6, 6.07) is 0. The molecule has 0 aliphatic rings. The van der Waals surface area contributed by atoms with Crippen LogP contribution >= 0.6 is 15.6 Å². The van der Waals surface area contributed by atoms with E-state index in [-0.39, 0.29) is 25.7 Å². The van der Waals surface area contributed by atoms with Gasteiger partial charge in [-0.1, -0.05) is 304 Å². The summed E-state index contributed by atoms with van der Waals surface area (Å²) in [5, 5.41) is 10.6. The molecule has 0 spiro atoms. The Balaban J connectivity index is 5.25. The van der Waals surface area contributed by atoms with Crippen molar-refractivity contribution in [1.29, 1.82) is 0 Å². The minimum atomic E-state index is -4.95. The van der Waals surface area contributed by atoms with Gasteiger partial charge in [-0.15, -0.1) is 0 Å². The Morgan fingerprint density at radius 3 is 0.773 bits per heavy atom. The van der Waals surface area contributed by atoms with Gasteiger partial charge in [0.15, 0.2) is 12.2 Å². The molecular formula is C69H134O17P2. The molecule has 0 aromatic carbocycles. The number of hydrogen-bond acceptors (Lipinski definition) is 15. The number of unbranched alkanes of at least 4 members (excludes halogenated alkanes) is 41. The van der Waals surface area contributed by atoms with Gasteiger partial charge < -0.3 is 33.8 Å².